The first-order valence-electron chi connectivity index (χ1n) is 6.21. The molecule has 5 heteroatoms. The molecule has 0 aromatic heterocycles. The lowest BCUT2D eigenvalue weighted by molar-refractivity contribution is 0.262. The number of amides is 2. The standard InChI is InChI=1S/C16H12N4O/c1-11-3-2-4-14(7-11)19-16(21)20-15-6-5-12(9-17)13(8-15)10-18/h2-8H,1H3,(H2,19,20,21). The molecule has 102 valence electrons. The van der Waals surface area contributed by atoms with E-state index in [1.807, 2.05) is 37.3 Å². The van der Waals surface area contributed by atoms with Gasteiger partial charge >= 0.3 is 6.03 Å². The van der Waals surface area contributed by atoms with Crippen molar-refractivity contribution in [3.05, 3.63) is 59.2 Å². The number of carbonyl (C=O) groups excluding carboxylic acids is 1. The second-order valence-electron chi connectivity index (χ2n) is 4.43. The van der Waals surface area contributed by atoms with E-state index in [0.717, 1.165) is 5.56 Å². The van der Waals surface area contributed by atoms with Crippen molar-refractivity contribution in [2.45, 2.75) is 6.92 Å². The molecule has 0 aliphatic carbocycles. The average Bonchev–Trinajstić information content (AvgIpc) is 2.47. The Kier molecular flexibility index (Phi) is 4.18. The van der Waals surface area contributed by atoms with E-state index in [4.69, 9.17) is 10.5 Å². The number of nitrogens with one attached hydrogen (secondary N) is 2. The first-order chi connectivity index (χ1) is 10.1. The van der Waals surface area contributed by atoms with Crippen LogP contribution in [-0.4, -0.2) is 6.03 Å². The van der Waals surface area contributed by atoms with Crippen LogP contribution in [0, 0.1) is 29.6 Å². The summed E-state index contributed by atoms with van der Waals surface area (Å²) >= 11 is 0. The van der Waals surface area contributed by atoms with Crippen LogP contribution in [0.2, 0.25) is 0 Å². The van der Waals surface area contributed by atoms with Crippen molar-refractivity contribution in [3.8, 4) is 12.1 Å². The highest BCUT2D eigenvalue weighted by molar-refractivity contribution is 5.99. The van der Waals surface area contributed by atoms with Gasteiger partial charge in [-0.25, -0.2) is 4.79 Å². The van der Waals surface area contributed by atoms with E-state index in [0.29, 0.717) is 11.4 Å². The minimum absolute atomic E-state index is 0.228. The SMILES string of the molecule is Cc1cccc(NC(=O)Nc2ccc(C#N)c(C#N)c2)c1. The number of nitrogens with zero attached hydrogens (tertiary/aromatic N) is 2. The topological polar surface area (TPSA) is 88.7 Å². The molecule has 2 N–H and O–H groups in total. The Balaban J connectivity index is 2.10. The van der Waals surface area contributed by atoms with Crippen molar-refractivity contribution in [2.75, 3.05) is 10.6 Å². The molecule has 0 heterocycles. The first kappa shape index (κ1) is 14.1. The molecule has 0 unspecified atom stereocenters. The number of nitriles is 2. The summed E-state index contributed by atoms with van der Waals surface area (Å²) in [5.41, 5.74) is 2.68. The fourth-order valence-corrected chi connectivity index (χ4v) is 1.83. The van der Waals surface area contributed by atoms with Gasteiger partial charge in [0.1, 0.15) is 12.1 Å². The monoisotopic (exact) mass is 276 g/mol. The maximum atomic E-state index is 11.9. The number of benzene rings is 2. The van der Waals surface area contributed by atoms with Gasteiger partial charge in [0.15, 0.2) is 0 Å². The van der Waals surface area contributed by atoms with Gasteiger partial charge in [-0.2, -0.15) is 10.5 Å². The Morgan fingerprint density at radius 1 is 0.952 bits per heavy atom. The van der Waals surface area contributed by atoms with E-state index in [1.54, 1.807) is 12.1 Å². The maximum absolute atomic E-state index is 11.9. The maximum Gasteiger partial charge on any atom is 0.323 e. The molecule has 2 aromatic rings. The van der Waals surface area contributed by atoms with Crippen LogP contribution in [0.3, 0.4) is 0 Å². The number of carbonyl (C=O) groups is 1. The summed E-state index contributed by atoms with van der Waals surface area (Å²) in [4.78, 5) is 11.9. The van der Waals surface area contributed by atoms with Gasteiger partial charge in [-0.05, 0) is 42.8 Å². The predicted molar refractivity (Wildman–Crippen MR) is 79.7 cm³/mol. The molecule has 0 aliphatic heterocycles. The largest absolute Gasteiger partial charge is 0.323 e. The van der Waals surface area contributed by atoms with Gasteiger partial charge in [0.2, 0.25) is 0 Å². The highest BCUT2D eigenvalue weighted by atomic mass is 16.2. The fourth-order valence-electron chi connectivity index (χ4n) is 1.83. The van der Waals surface area contributed by atoms with E-state index in [1.165, 1.54) is 12.1 Å². The highest BCUT2D eigenvalue weighted by Gasteiger charge is 2.06. The van der Waals surface area contributed by atoms with E-state index in [-0.39, 0.29) is 11.1 Å². The van der Waals surface area contributed by atoms with Gasteiger partial charge in [0.25, 0.3) is 0 Å². The lowest BCUT2D eigenvalue weighted by atomic mass is 10.1. The molecule has 0 saturated heterocycles. The van der Waals surface area contributed by atoms with Gasteiger partial charge in [0.05, 0.1) is 11.1 Å². The molecule has 2 aromatic carbocycles. The molecule has 0 fully saturated rings. The highest BCUT2D eigenvalue weighted by Crippen LogP contribution is 2.15. The molecule has 5 nitrogen and oxygen atoms in total. The lowest BCUT2D eigenvalue weighted by Crippen LogP contribution is -2.19. The Morgan fingerprint density at radius 3 is 2.24 bits per heavy atom. The number of anilines is 2. The quantitative estimate of drug-likeness (QED) is 0.881. The van der Waals surface area contributed by atoms with Crippen molar-refractivity contribution < 1.29 is 4.79 Å². The van der Waals surface area contributed by atoms with Crippen LogP contribution in [-0.2, 0) is 0 Å². The van der Waals surface area contributed by atoms with Crippen molar-refractivity contribution in [1.82, 2.24) is 0 Å². The number of aryl methyl sites for hydroxylation is 1. The third kappa shape index (κ3) is 3.59. The van der Waals surface area contributed by atoms with Crippen molar-refractivity contribution in [3.63, 3.8) is 0 Å². The number of hydrogen-bond acceptors (Lipinski definition) is 3. The van der Waals surface area contributed by atoms with Gasteiger partial charge < -0.3 is 10.6 Å². The molecular weight excluding hydrogens is 264 g/mol. The molecule has 0 aliphatic rings. The van der Waals surface area contributed by atoms with E-state index < -0.39 is 6.03 Å². The smallest absolute Gasteiger partial charge is 0.308 e. The predicted octanol–water partition coefficient (Wildman–Crippen LogP) is 3.38. The van der Waals surface area contributed by atoms with Crippen molar-refractivity contribution in [1.29, 1.82) is 10.5 Å². The lowest BCUT2D eigenvalue weighted by Gasteiger charge is -2.08. The molecule has 2 amide bonds. The van der Waals surface area contributed by atoms with Crippen molar-refractivity contribution in [2.24, 2.45) is 0 Å². The molecule has 0 bridgehead atoms. The minimum atomic E-state index is -0.408. The van der Waals surface area contributed by atoms with Crippen LogP contribution in [0.15, 0.2) is 42.5 Å². The molecule has 0 saturated carbocycles. The summed E-state index contributed by atoms with van der Waals surface area (Å²) < 4.78 is 0. The van der Waals surface area contributed by atoms with E-state index in [9.17, 15) is 4.79 Å². The normalized spacial score (nSPS) is 9.29. The zero-order valence-corrected chi connectivity index (χ0v) is 11.3. The van der Waals surface area contributed by atoms with Crippen LogP contribution < -0.4 is 10.6 Å². The van der Waals surface area contributed by atoms with Crippen LogP contribution in [0.5, 0.6) is 0 Å². The van der Waals surface area contributed by atoms with Gasteiger partial charge in [0, 0.05) is 11.4 Å². The molecule has 2 rings (SSSR count). The Bertz CT molecular complexity index is 769. The molecule has 0 radical (unpaired) electrons. The third-order valence-corrected chi connectivity index (χ3v) is 2.79. The molecule has 0 spiro atoms. The van der Waals surface area contributed by atoms with E-state index >= 15 is 0 Å². The van der Waals surface area contributed by atoms with Crippen LogP contribution in [0.4, 0.5) is 16.2 Å². The van der Waals surface area contributed by atoms with E-state index in [2.05, 4.69) is 10.6 Å². The van der Waals surface area contributed by atoms with Gasteiger partial charge in [-0.3, -0.25) is 0 Å². The minimum Gasteiger partial charge on any atom is -0.308 e. The summed E-state index contributed by atoms with van der Waals surface area (Å²) in [6.45, 7) is 1.93. The van der Waals surface area contributed by atoms with Crippen molar-refractivity contribution >= 4 is 17.4 Å². The Labute approximate surface area is 122 Å². The Morgan fingerprint density at radius 2 is 1.62 bits per heavy atom. The van der Waals surface area contributed by atoms with Crippen LogP contribution in [0.25, 0.3) is 0 Å². The number of rotatable bonds is 2. The second-order valence-corrected chi connectivity index (χ2v) is 4.43. The van der Waals surface area contributed by atoms with Crippen LogP contribution >= 0.6 is 0 Å². The van der Waals surface area contributed by atoms with Gasteiger partial charge in [-0.15, -0.1) is 0 Å². The van der Waals surface area contributed by atoms with Crippen LogP contribution in [0.1, 0.15) is 16.7 Å². The summed E-state index contributed by atoms with van der Waals surface area (Å²) in [6, 6.07) is 15.4. The molecular formula is C16H12N4O. The first-order valence-corrected chi connectivity index (χ1v) is 6.21. The third-order valence-electron chi connectivity index (χ3n) is 2.79. The summed E-state index contributed by atoms with van der Waals surface area (Å²) in [5.74, 6) is 0. The second kappa shape index (κ2) is 6.23. The van der Waals surface area contributed by atoms with Gasteiger partial charge in [-0.1, -0.05) is 12.1 Å². The summed E-state index contributed by atoms with van der Waals surface area (Å²) in [7, 11) is 0. The summed E-state index contributed by atoms with van der Waals surface area (Å²) in [6.07, 6.45) is 0. The fraction of sp³-hybridized carbons (Fsp3) is 0.0625. The number of urea groups is 1. The average molecular weight is 276 g/mol. The summed E-state index contributed by atoms with van der Waals surface area (Å²) in [5, 5.41) is 23.1. The zero-order valence-electron chi connectivity index (χ0n) is 11.3. The zero-order chi connectivity index (χ0) is 15.2. The molecule has 0 atom stereocenters. The Hall–Kier alpha value is -3.31. The number of hydrogen-bond donors (Lipinski definition) is 2. The molecule has 21 heavy (non-hydrogen) atoms.